The molecule has 1 aromatic heterocycles. The molecule has 0 spiro atoms. The first-order chi connectivity index (χ1) is 9.98. The SMILES string of the molecule is CC1(C)CCCC(n2nnnc2-c2cccc(N)c2Br)C1. The van der Waals surface area contributed by atoms with Crippen molar-refractivity contribution in [1.29, 1.82) is 0 Å². The number of hydrogen-bond acceptors (Lipinski definition) is 4. The summed E-state index contributed by atoms with van der Waals surface area (Å²) >= 11 is 3.55. The van der Waals surface area contributed by atoms with Gasteiger partial charge in [-0.3, -0.25) is 0 Å². The third-order valence-corrected chi connectivity index (χ3v) is 5.17. The van der Waals surface area contributed by atoms with E-state index < -0.39 is 0 Å². The molecule has 1 fully saturated rings. The molecular weight excluding hydrogens is 330 g/mol. The molecule has 1 heterocycles. The van der Waals surface area contributed by atoms with Gasteiger partial charge in [-0.05, 0) is 63.2 Å². The third kappa shape index (κ3) is 2.81. The molecule has 112 valence electrons. The molecular formula is C15H20BrN5. The molecule has 2 aromatic rings. The maximum Gasteiger partial charge on any atom is 0.183 e. The van der Waals surface area contributed by atoms with Crippen molar-refractivity contribution in [3.63, 3.8) is 0 Å². The summed E-state index contributed by atoms with van der Waals surface area (Å²) in [4.78, 5) is 0. The summed E-state index contributed by atoms with van der Waals surface area (Å²) in [7, 11) is 0. The van der Waals surface area contributed by atoms with E-state index in [9.17, 15) is 0 Å². The number of nitrogen functional groups attached to an aromatic ring is 1. The highest BCUT2D eigenvalue weighted by atomic mass is 79.9. The van der Waals surface area contributed by atoms with E-state index in [1.54, 1.807) is 0 Å². The topological polar surface area (TPSA) is 69.6 Å². The zero-order chi connectivity index (χ0) is 15.0. The molecule has 0 saturated heterocycles. The predicted molar refractivity (Wildman–Crippen MR) is 86.7 cm³/mol. The molecule has 6 heteroatoms. The highest BCUT2D eigenvalue weighted by molar-refractivity contribution is 9.10. The quantitative estimate of drug-likeness (QED) is 0.836. The summed E-state index contributed by atoms with van der Waals surface area (Å²) in [5, 5.41) is 12.4. The molecule has 1 aromatic carbocycles. The largest absolute Gasteiger partial charge is 0.398 e. The fraction of sp³-hybridized carbons (Fsp3) is 0.533. The van der Waals surface area contributed by atoms with E-state index in [1.807, 2.05) is 22.9 Å². The van der Waals surface area contributed by atoms with Gasteiger partial charge < -0.3 is 5.73 Å². The van der Waals surface area contributed by atoms with Crippen LogP contribution in [0.15, 0.2) is 22.7 Å². The number of nitrogens with zero attached hydrogens (tertiary/aromatic N) is 4. The van der Waals surface area contributed by atoms with Crippen LogP contribution in [0.3, 0.4) is 0 Å². The lowest BCUT2D eigenvalue weighted by molar-refractivity contribution is 0.174. The van der Waals surface area contributed by atoms with E-state index in [2.05, 4.69) is 45.3 Å². The summed E-state index contributed by atoms with van der Waals surface area (Å²) in [5.41, 5.74) is 7.97. The molecule has 0 aliphatic heterocycles. The molecule has 1 aliphatic carbocycles. The molecule has 1 unspecified atom stereocenters. The first-order valence-corrected chi connectivity index (χ1v) is 8.09. The van der Waals surface area contributed by atoms with Crippen molar-refractivity contribution in [2.45, 2.75) is 45.6 Å². The van der Waals surface area contributed by atoms with Crippen LogP contribution in [-0.2, 0) is 0 Å². The summed E-state index contributed by atoms with van der Waals surface area (Å²) < 4.78 is 2.83. The first kappa shape index (κ1) is 14.5. The summed E-state index contributed by atoms with van der Waals surface area (Å²) in [6.07, 6.45) is 4.71. The van der Waals surface area contributed by atoms with Gasteiger partial charge in [-0.15, -0.1) is 5.10 Å². The van der Waals surface area contributed by atoms with Crippen molar-refractivity contribution >= 4 is 21.6 Å². The van der Waals surface area contributed by atoms with Gasteiger partial charge in [0.1, 0.15) is 0 Å². The highest BCUT2D eigenvalue weighted by Crippen LogP contribution is 2.42. The van der Waals surface area contributed by atoms with Crippen molar-refractivity contribution < 1.29 is 0 Å². The Morgan fingerprint density at radius 2 is 2.19 bits per heavy atom. The van der Waals surface area contributed by atoms with Crippen LogP contribution in [0.1, 0.15) is 45.6 Å². The number of nitrogens with two attached hydrogens (primary N) is 1. The molecule has 0 radical (unpaired) electrons. The van der Waals surface area contributed by atoms with Gasteiger partial charge in [0, 0.05) is 11.3 Å². The lowest BCUT2D eigenvalue weighted by atomic mass is 9.75. The van der Waals surface area contributed by atoms with Gasteiger partial charge >= 0.3 is 0 Å². The Kier molecular flexibility index (Phi) is 3.73. The zero-order valence-corrected chi connectivity index (χ0v) is 14.0. The molecule has 1 atom stereocenters. The van der Waals surface area contributed by atoms with E-state index in [-0.39, 0.29) is 0 Å². The number of rotatable bonds is 2. The van der Waals surface area contributed by atoms with E-state index >= 15 is 0 Å². The molecule has 5 nitrogen and oxygen atoms in total. The predicted octanol–water partition coefficient (Wildman–Crippen LogP) is 3.83. The van der Waals surface area contributed by atoms with Gasteiger partial charge in [0.05, 0.1) is 10.5 Å². The number of halogens is 1. The monoisotopic (exact) mass is 349 g/mol. The van der Waals surface area contributed by atoms with Crippen LogP contribution in [0.4, 0.5) is 5.69 Å². The van der Waals surface area contributed by atoms with Crippen molar-refractivity contribution in [3.05, 3.63) is 22.7 Å². The number of tetrazole rings is 1. The van der Waals surface area contributed by atoms with Gasteiger partial charge in [-0.1, -0.05) is 26.3 Å². The lowest BCUT2D eigenvalue weighted by Gasteiger charge is -2.35. The van der Waals surface area contributed by atoms with Gasteiger partial charge in [0.15, 0.2) is 5.82 Å². The molecule has 1 aliphatic rings. The second-order valence-electron chi connectivity index (χ2n) is 6.57. The smallest absolute Gasteiger partial charge is 0.183 e. The fourth-order valence-electron chi connectivity index (χ4n) is 3.21. The van der Waals surface area contributed by atoms with E-state index in [4.69, 9.17) is 5.73 Å². The summed E-state index contributed by atoms with van der Waals surface area (Å²) in [5.74, 6) is 0.789. The fourth-order valence-corrected chi connectivity index (χ4v) is 3.65. The van der Waals surface area contributed by atoms with Gasteiger partial charge in [0.2, 0.25) is 0 Å². The summed E-state index contributed by atoms with van der Waals surface area (Å²) in [6, 6.07) is 6.15. The Balaban J connectivity index is 2.00. The Morgan fingerprint density at radius 1 is 1.38 bits per heavy atom. The summed E-state index contributed by atoms with van der Waals surface area (Å²) in [6.45, 7) is 4.64. The molecule has 0 bridgehead atoms. The first-order valence-electron chi connectivity index (χ1n) is 7.30. The van der Waals surface area contributed by atoms with Crippen LogP contribution in [-0.4, -0.2) is 20.2 Å². The normalized spacial score (nSPS) is 21.4. The van der Waals surface area contributed by atoms with Crippen LogP contribution < -0.4 is 5.73 Å². The van der Waals surface area contributed by atoms with E-state index in [1.165, 1.54) is 12.8 Å². The van der Waals surface area contributed by atoms with Crippen LogP contribution in [0, 0.1) is 5.41 Å². The molecule has 21 heavy (non-hydrogen) atoms. The molecule has 1 saturated carbocycles. The minimum atomic E-state index is 0.346. The molecule has 0 amide bonds. The van der Waals surface area contributed by atoms with Crippen molar-refractivity contribution in [2.75, 3.05) is 5.73 Å². The minimum Gasteiger partial charge on any atom is -0.398 e. The van der Waals surface area contributed by atoms with Gasteiger partial charge in [0.25, 0.3) is 0 Å². The second-order valence-corrected chi connectivity index (χ2v) is 7.36. The van der Waals surface area contributed by atoms with Gasteiger partial charge in [-0.2, -0.15) is 0 Å². The maximum atomic E-state index is 5.97. The zero-order valence-electron chi connectivity index (χ0n) is 12.4. The number of benzene rings is 1. The average Bonchev–Trinajstić information content (AvgIpc) is 2.90. The van der Waals surface area contributed by atoms with Crippen molar-refractivity contribution in [1.82, 2.24) is 20.2 Å². The van der Waals surface area contributed by atoms with E-state index in [0.29, 0.717) is 17.1 Å². The standard InChI is InChI=1S/C15H20BrN5/c1-15(2)8-4-5-10(9-15)21-14(18-19-20-21)11-6-3-7-12(17)13(11)16/h3,6-7,10H,4-5,8-9,17H2,1-2H3. The van der Waals surface area contributed by atoms with Crippen LogP contribution in [0.5, 0.6) is 0 Å². The van der Waals surface area contributed by atoms with Crippen LogP contribution in [0.2, 0.25) is 0 Å². The van der Waals surface area contributed by atoms with Crippen molar-refractivity contribution in [2.24, 2.45) is 5.41 Å². The minimum absolute atomic E-state index is 0.346. The van der Waals surface area contributed by atoms with Crippen molar-refractivity contribution in [3.8, 4) is 11.4 Å². The van der Waals surface area contributed by atoms with E-state index in [0.717, 1.165) is 28.7 Å². The Hall–Kier alpha value is -1.43. The number of hydrogen-bond donors (Lipinski definition) is 1. The Labute approximate surface area is 133 Å². The Morgan fingerprint density at radius 3 is 2.95 bits per heavy atom. The molecule has 2 N–H and O–H groups in total. The van der Waals surface area contributed by atoms with Crippen LogP contribution in [0.25, 0.3) is 11.4 Å². The maximum absolute atomic E-state index is 5.97. The van der Waals surface area contributed by atoms with Crippen LogP contribution >= 0.6 is 15.9 Å². The van der Waals surface area contributed by atoms with Gasteiger partial charge in [-0.25, -0.2) is 4.68 Å². The third-order valence-electron chi connectivity index (χ3n) is 4.29. The number of anilines is 1. The lowest BCUT2D eigenvalue weighted by Crippen LogP contribution is -2.26. The number of aromatic nitrogens is 4. The average molecular weight is 350 g/mol. The highest BCUT2D eigenvalue weighted by Gasteiger charge is 2.31. The Bertz CT molecular complexity index is 649. The second kappa shape index (κ2) is 5.40. The molecule has 3 rings (SSSR count).